The SMILES string of the molecule is Clc1cnc(Sc2cccc(-c3cnccn3)c2Cl)nn1. The molecule has 0 spiro atoms. The lowest BCUT2D eigenvalue weighted by Gasteiger charge is -2.07. The van der Waals surface area contributed by atoms with Gasteiger partial charge in [-0.1, -0.05) is 35.3 Å². The van der Waals surface area contributed by atoms with Gasteiger partial charge in [0.25, 0.3) is 0 Å². The molecule has 0 atom stereocenters. The second-order valence-corrected chi connectivity index (χ2v) is 5.65. The molecule has 21 heavy (non-hydrogen) atoms. The standard InChI is InChI=1S/C13H7Cl2N5S/c14-11-7-18-13(20-19-11)21-10-3-1-2-8(12(10)15)9-6-16-4-5-17-9/h1-7H. The highest BCUT2D eigenvalue weighted by molar-refractivity contribution is 7.99. The zero-order chi connectivity index (χ0) is 14.7. The Morgan fingerprint density at radius 1 is 0.952 bits per heavy atom. The van der Waals surface area contributed by atoms with E-state index in [0.717, 1.165) is 10.5 Å². The number of halogens is 2. The van der Waals surface area contributed by atoms with Gasteiger partial charge in [0.2, 0.25) is 5.16 Å². The Morgan fingerprint density at radius 3 is 2.57 bits per heavy atom. The molecule has 0 unspecified atom stereocenters. The second kappa shape index (κ2) is 6.34. The average molecular weight is 336 g/mol. The van der Waals surface area contributed by atoms with Gasteiger partial charge in [0.1, 0.15) is 0 Å². The van der Waals surface area contributed by atoms with E-state index in [1.54, 1.807) is 18.6 Å². The van der Waals surface area contributed by atoms with Crippen LogP contribution >= 0.6 is 35.0 Å². The third-order valence-electron chi connectivity index (χ3n) is 2.52. The van der Waals surface area contributed by atoms with Gasteiger partial charge in [0.05, 0.1) is 23.1 Å². The Labute approximate surface area is 134 Å². The maximum absolute atomic E-state index is 6.43. The summed E-state index contributed by atoms with van der Waals surface area (Å²) in [5.41, 5.74) is 1.51. The molecule has 0 aliphatic rings. The van der Waals surface area contributed by atoms with Crippen molar-refractivity contribution in [3.63, 3.8) is 0 Å². The van der Waals surface area contributed by atoms with Gasteiger partial charge in [0, 0.05) is 22.9 Å². The van der Waals surface area contributed by atoms with Gasteiger partial charge in [-0.15, -0.1) is 10.2 Å². The molecule has 8 heteroatoms. The van der Waals surface area contributed by atoms with Gasteiger partial charge in [0.15, 0.2) is 5.15 Å². The Bertz CT molecular complexity index is 752. The van der Waals surface area contributed by atoms with E-state index in [0.29, 0.717) is 15.9 Å². The van der Waals surface area contributed by atoms with Gasteiger partial charge in [-0.3, -0.25) is 9.97 Å². The van der Waals surface area contributed by atoms with Crippen molar-refractivity contribution >= 4 is 35.0 Å². The summed E-state index contributed by atoms with van der Waals surface area (Å²) in [6.45, 7) is 0. The molecule has 3 aromatic rings. The van der Waals surface area contributed by atoms with Crippen molar-refractivity contribution in [3.8, 4) is 11.3 Å². The molecule has 0 radical (unpaired) electrons. The number of hydrogen-bond donors (Lipinski definition) is 0. The van der Waals surface area contributed by atoms with Crippen LogP contribution in [0.15, 0.2) is 53.0 Å². The van der Waals surface area contributed by atoms with Crippen molar-refractivity contribution in [2.45, 2.75) is 10.1 Å². The molecule has 0 saturated carbocycles. The Hall–Kier alpha value is -1.76. The minimum atomic E-state index is 0.249. The summed E-state index contributed by atoms with van der Waals surface area (Å²) in [6.07, 6.45) is 6.34. The van der Waals surface area contributed by atoms with Crippen molar-refractivity contribution < 1.29 is 0 Å². The zero-order valence-electron chi connectivity index (χ0n) is 10.4. The molecule has 3 rings (SSSR count). The molecule has 2 heterocycles. The first-order valence-electron chi connectivity index (χ1n) is 5.82. The van der Waals surface area contributed by atoms with Crippen LogP contribution in [0.3, 0.4) is 0 Å². The molecular formula is C13H7Cl2N5S. The highest BCUT2D eigenvalue weighted by atomic mass is 35.5. The van der Waals surface area contributed by atoms with Crippen LogP contribution in [0.1, 0.15) is 0 Å². The summed E-state index contributed by atoms with van der Waals surface area (Å²) in [7, 11) is 0. The third-order valence-corrected chi connectivity index (χ3v) is 4.14. The van der Waals surface area contributed by atoms with Crippen LogP contribution in [0.2, 0.25) is 10.2 Å². The van der Waals surface area contributed by atoms with E-state index >= 15 is 0 Å². The second-order valence-electron chi connectivity index (χ2n) is 3.87. The predicted octanol–water partition coefficient (Wildman–Crippen LogP) is 3.79. The van der Waals surface area contributed by atoms with Gasteiger partial charge in [-0.25, -0.2) is 4.98 Å². The minimum Gasteiger partial charge on any atom is -0.261 e. The van der Waals surface area contributed by atoms with E-state index < -0.39 is 0 Å². The van der Waals surface area contributed by atoms with Crippen molar-refractivity contribution in [1.29, 1.82) is 0 Å². The molecule has 104 valence electrons. The monoisotopic (exact) mass is 335 g/mol. The van der Waals surface area contributed by atoms with Crippen LogP contribution in [0.5, 0.6) is 0 Å². The summed E-state index contributed by atoms with van der Waals surface area (Å²) in [6, 6.07) is 5.66. The van der Waals surface area contributed by atoms with Crippen LogP contribution in [0.25, 0.3) is 11.3 Å². The van der Waals surface area contributed by atoms with E-state index in [-0.39, 0.29) is 5.15 Å². The highest BCUT2D eigenvalue weighted by Gasteiger charge is 2.11. The lowest BCUT2D eigenvalue weighted by molar-refractivity contribution is 0.839. The molecular weight excluding hydrogens is 329 g/mol. The maximum atomic E-state index is 6.43. The third kappa shape index (κ3) is 3.29. The molecule has 2 aromatic heterocycles. The van der Waals surface area contributed by atoms with Crippen LogP contribution in [0, 0.1) is 0 Å². The Morgan fingerprint density at radius 2 is 1.86 bits per heavy atom. The zero-order valence-corrected chi connectivity index (χ0v) is 12.8. The lowest BCUT2D eigenvalue weighted by Crippen LogP contribution is -1.91. The van der Waals surface area contributed by atoms with Crippen LogP contribution in [-0.2, 0) is 0 Å². The molecule has 5 nitrogen and oxygen atoms in total. The molecule has 0 bridgehead atoms. The first kappa shape index (κ1) is 14.2. The molecule has 0 fully saturated rings. The minimum absolute atomic E-state index is 0.249. The first-order chi connectivity index (χ1) is 10.2. The average Bonchev–Trinajstić information content (AvgIpc) is 2.52. The van der Waals surface area contributed by atoms with Gasteiger partial charge in [-0.05, 0) is 17.8 Å². The van der Waals surface area contributed by atoms with E-state index in [2.05, 4.69) is 25.1 Å². The Kier molecular flexibility index (Phi) is 4.28. The fourth-order valence-electron chi connectivity index (χ4n) is 1.62. The van der Waals surface area contributed by atoms with Crippen LogP contribution in [0.4, 0.5) is 0 Å². The smallest absolute Gasteiger partial charge is 0.214 e. The Balaban J connectivity index is 1.95. The van der Waals surface area contributed by atoms with Crippen LogP contribution in [-0.4, -0.2) is 25.1 Å². The largest absolute Gasteiger partial charge is 0.261 e. The number of aromatic nitrogens is 5. The van der Waals surface area contributed by atoms with Crippen molar-refractivity contribution in [2.75, 3.05) is 0 Å². The molecule has 1 aromatic carbocycles. The quantitative estimate of drug-likeness (QED) is 0.725. The molecule has 0 aliphatic carbocycles. The molecule has 0 N–H and O–H groups in total. The van der Waals surface area contributed by atoms with Crippen molar-refractivity contribution in [3.05, 3.63) is 53.2 Å². The molecule has 0 amide bonds. The van der Waals surface area contributed by atoms with E-state index in [4.69, 9.17) is 23.2 Å². The van der Waals surface area contributed by atoms with Gasteiger partial charge >= 0.3 is 0 Å². The molecule has 0 saturated heterocycles. The van der Waals surface area contributed by atoms with E-state index in [1.807, 2.05) is 18.2 Å². The predicted molar refractivity (Wildman–Crippen MR) is 81.4 cm³/mol. The van der Waals surface area contributed by atoms with E-state index in [1.165, 1.54) is 18.0 Å². The number of rotatable bonds is 3. The lowest BCUT2D eigenvalue weighted by atomic mass is 10.1. The van der Waals surface area contributed by atoms with E-state index in [9.17, 15) is 0 Å². The summed E-state index contributed by atoms with van der Waals surface area (Å²) in [5.74, 6) is 0. The highest BCUT2D eigenvalue weighted by Crippen LogP contribution is 2.36. The normalized spacial score (nSPS) is 10.6. The van der Waals surface area contributed by atoms with Gasteiger partial charge < -0.3 is 0 Å². The topological polar surface area (TPSA) is 64.5 Å². The summed E-state index contributed by atoms with van der Waals surface area (Å²) >= 11 is 13.4. The summed E-state index contributed by atoms with van der Waals surface area (Å²) < 4.78 is 0. The first-order valence-corrected chi connectivity index (χ1v) is 7.39. The van der Waals surface area contributed by atoms with Crippen molar-refractivity contribution in [2.24, 2.45) is 0 Å². The number of nitrogens with zero attached hydrogens (tertiary/aromatic N) is 5. The summed E-state index contributed by atoms with van der Waals surface area (Å²) in [5, 5.41) is 8.94. The maximum Gasteiger partial charge on any atom is 0.214 e. The fourth-order valence-corrected chi connectivity index (χ4v) is 2.78. The number of hydrogen-bond acceptors (Lipinski definition) is 6. The fraction of sp³-hybridized carbons (Fsp3) is 0. The number of benzene rings is 1. The summed E-state index contributed by atoms with van der Waals surface area (Å²) in [4.78, 5) is 13.2. The molecule has 0 aliphatic heterocycles. The van der Waals surface area contributed by atoms with Crippen LogP contribution < -0.4 is 0 Å². The van der Waals surface area contributed by atoms with Gasteiger partial charge in [-0.2, -0.15) is 0 Å². The van der Waals surface area contributed by atoms with Crippen molar-refractivity contribution in [1.82, 2.24) is 25.1 Å².